The SMILES string of the molecule is N#C/C(=C\c1ccc(Cl)c(Cl)c1)C(=O)c1ccccc1F. The number of nitrogens with zero attached hydrogens (tertiary/aromatic N) is 1. The van der Waals surface area contributed by atoms with E-state index in [0.717, 1.165) is 0 Å². The van der Waals surface area contributed by atoms with Crippen LogP contribution in [-0.2, 0) is 0 Å². The number of carbonyl (C=O) groups is 1. The van der Waals surface area contributed by atoms with Crippen molar-refractivity contribution in [3.05, 3.63) is 75.0 Å². The fourth-order valence-electron chi connectivity index (χ4n) is 1.71. The third-order valence-corrected chi connectivity index (χ3v) is 3.48. The van der Waals surface area contributed by atoms with Gasteiger partial charge in [0.2, 0.25) is 5.78 Å². The van der Waals surface area contributed by atoms with E-state index >= 15 is 0 Å². The highest BCUT2D eigenvalue weighted by molar-refractivity contribution is 6.42. The minimum atomic E-state index is -0.679. The lowest BCUT2D eigenvalue weighted by molar-refractivity contribution is 0.103. The molecule has 0 heterocycles. The van der Waals surface area contributed by atoms with Gasteiger partial charge in [-0.05, 0) is 35.9 Å². The molecule has 0 radical (unpaired) electrons. The molecular formula is C16H8Cl2FNO. The normalized spacial score (nSPS) is 11.0. The van der Waals surface area contributed by atoms with Crippen molar-refractivity contribution in [2.75, 3.05) is 0 Å². The molecule has 21 heavy (non-hydrogen) atoms. The molecule has 0 aliphatic rings. The van der Waals surface area contributed by atoms with Gasteiger partial charge in [0.15, 0.2) is 0 Å². The molecule has 2 aromatic rings. The van der Waals surface area contributed by atoms with Gasteiger partial charge in [0.1, 0.15) is 17.5 Å². The van der Waals surface area contributed by atoms with Crippen LogP contribution < -0.4 is 0 Å². The summed E-state index contributed by atoms with van der Waals surface area (Å²) in [6.45, 7) is 0. The van der Waals surface area contributed by atoms with Crippen molar-refractivity contribution in [1.82, 2.24) is 0 Å². The number of hydrogen-bond acceptors (Lipinski definition) is 2. The van der Waals surface area contributed by atoms with Gasteiger partial charge in [-0.2, -0.15) is 5.26 Å². The van der Waals surface area contributed by atoms with E-state index in [1.54, 1.807) is 18.2 Å². The quantitative estimate of drug-likeness (QED) is 0.457. The predicted octanol–water partition coefficient (Wildman–Crippen LogP) is 4.92. The number of benzene rings is 2. The summed E-state index contributed by atoms with van der Waals surface area (Å²) in [5, 5.41) is 9.79. The molecule has 2 nitrogen and oxygen atoms in total. The van der Waals surface area contributed by atoms with Crippen molar-refractivity contribution < 1.29 is 9.18 Å². The number of hydrogen-bond donors (Lipinski definition) is 0. The number of carbonyl (C=O) groups excluding carboxylic acids is 1. The monoisotopic (exact) mass is 319 g/mol. The molecule has 0 bridgehead atoms. The minimum absolute atomic E-state index is 0.148. The number of halogens is 3. The Morgan fingerprint density at radius 1 is 1.14 bits per heavy atom. The second-order valence-corrected chi connectivity index (χ2v) is 4.97. The lowest BCUT2D eigenvalue weighted by Gasteiger charge is -2.02. The number of rotatable bonds is 3. The third kappa shape index (κ3) is 3.49. The van der Waals surface area contributed by atoms with Crippen molar-refractivity contribution in [3.63, 3.8) is 0 Å². The second kappa shape index (κ2) is 6.53. The molecule has 0 unspecified atom stereocenters. The Labute approximate surface area is 131 Å². The van der Waals surface area contributed by atoms with E-state index in [2.05, 4.69) is 0 Å². The first kappa shape index (κ1) is 15.2. The second-order valence-electron chi connectivity index (χ2n) is 4.15. The molecule has 0 fully saturated rings. The van der Waals surface area contributed by atoms with Gasteiger partial charge in [-0.3, -0.25) is 4.79 Å². The highest BCUT2D eigenvalue weighted by atomic mass is 35.5. The van der Waals surface area contributed by atoms with Crippen LogP contribution in [0.25, 0.3) is 6.08 Å². The Kier molecular flexibility index (Phi) is 4.74. The van der Waals surface area contributed by atoms with Crippen LogP contribution in [-0.4, -0.2) is 5.78 Å². The van der Waals surface area contributed by atoms with E-state index in [-0.39, 0.29) is 11.1 Å². The Balaban J connectivity index is 2.42. The van der Waals surface area contributed by atoms with Crippen molar-refractivity contribution in [1.29, 1.82) is 5.26 Å². The zero-order valence-electron chi connectivity index (χ0n) is 10.6. The molecule has 0 saturated carbocycles. The zero-order valence-corrected chi connectivity index (χ0v) is 12.1. The summed E-state index contributed by atoms with van der Waals surface area (Å²) in [5.41, 5.74) is 0.203. The van der Waals surface area contributed by atoms with Crippen molar-refractivity contribution in [3.8, 4) is 6.07 Å². The zero-order chi connectivity index (χ0) is 15.4. The van der Waals surface area contributed by atoms with E-state index in [1.165, 1.54) is 36.4 Å². The molecule has 2 aromatic carbocycles. The topological polar surface area (TPSA) is 40.9 Å². The number of Topliss-reactive ketones (excluding diaryl/α,β-unsaturated/α-hetero) is 1. The molecule has 0 saturated heterocycles. The highest BCUT2D eigenvalue weighted by Crippen LogP contribution is 2.24. The molecule has 104 valence electrons. The molecule has 0 aromatic heterocycles. The largest absolute Gasteiger partial charge is 0.288 e. The Morgan fingerprint density at radius 3 is 2.48 bits per heavy atom. The summed E-state index contributed by atoms with van der Waals surface area (Å²) in [6.07, 6.45) is 1.34. The van der Waals surface area contributed by atoms with Gasteiger partial charge in [0.05, 0.1) is 15.6 Å². The van der Waals surface area contributed by atoms with Crippen LogP contribution in [0.2, 0.25) is 10.0 Å². The minimum Gasteiger partial charge on any atom is -0.288 e. The summed E-state index contributed by atoms with van der Waals surface area (Å²) in [6, 6.07) is 12.0. The van der Waals surface area contributed by atoms with Gasteiger partial charge in [-0.1, -0.05) is 41.4 Å². The Hall–Kier alpha value is -2.15. The van der Waals surface area contributed by atoms with Crippen molar-refractivity contribution >= 4 is 35.1 Å². The fraction of sp³-hybridized carbons (Fsp3) is 0. The molecule has 5 heteroatoms. The van der Waals surface area contributed by atoms with Gasteiger partial charge >= 0.3 is 0 Å². The molecule has 0 N–H and O–H groups in total. The van der Waals surface area contributed by atoms with Gasteiger partial charge < -0.3 is 0 Å². The van der Waals surface area contributed by atoms with Crippen LogP contribution in [0, 0.1) is 17.1 Å². The maximum atomic E-state index is 13.6. The average molecular weight is 320 g/mol. The van der Waals surface area contributed by atoms with Crippen LogP contribution in [0.3, 0.4) is 0 Å². The predicted molar refractivity (Wildman–Crippen MR) is 80.8 cm³/mol. The van der Waals surface area contributed by atoms with E-state index in [4.69, 9.17) is 28.5 Å². The van der Waals surface area contributed by atoms with Crippen molar-refractivity contribution in [2.45, 2.75) is 0 Å². The maximum Gasteiger partial charge on any atom is 0.206 e. The molecule has 0 amide bonds. The van der Waals surface area contributed by atoms with Gasteiger partial charge in [-0.25, -0.2) is 4.39 Å². The number of nitriles is 1. The fourth-order valence-corrected chi connectivity index (χ4v) is 2.01. The summed E-state index contributed by atoms with van der Waals surface area (Å²) in [5.74, 6) is -1.35. The summed E-state index contributed by atoms with van der Waals surface area (Å²) in [7, 11) is 0. The average Bonchev–Trinajstić information content (AvgIpc) is 2.48. The van der Waals surface area contributed by atoms with E-state index < -0.39 is 11.6 Å². The smallest absolute Gasteiger partial charge is 0.206 e. The van der Waals surface area contributed by atoms with Crippen LogP contribution >= 0.6 is 23.2 Å². The molecule has 0 aliphatic heterocycles. The number of ketones is 1. The molecular weight excluding hydrogens is 312 g/mol. The third-order valence-electron chi connectivity index (χ3n) is 2.74. The first-order chi connectivity index (χ1) is 10.0. The van der Waals surface area contributed by atoms with E-state index in [0.29, 0.717) is 15.6 Å². The Morgan fingerprint density at radius 2 is 1.86 bits per heavy atom. The first-order valence-electron chi connectivity index (χ1n) is 5.89. The van der Waals surface area contributed by atoms with Crippen LogP contribution in [0.15, 0.2) is 48.0 Å². The van der Waals surface area contributed by atoms with Gasteiger partial charge in [-0.15, -0.1) is 0 Å². The van der Waals surface area contributed by atoms with E-state index in [9.17, 15) is 9.18 Å². The summed E-state index contributed by atoms with van der Waals surface area (Å²) < 4.78 is 13.6. The summed E-state index contributed by atoms with van der Waals surface area (Å²) in [4.78, 5) is 12.2. The van der Waals surface area contributed by atoms with Crippen LogP contribution in [0.5, 0.6) is 0 Å². The molecule has 0 atom stereocenters. The van der Waals surface area contributed by atoms with Gasteiger partial charge in [0, 0.05) is 0 Å². The van der Waals surface area contributed by atoms with Crippen LogP contribution in [0.4, 0.5) is 4.39 Å². The first-order valence-corrected chi connectivity index (χ1v) is 6.64. The van der Waals surface area contributed by atoms with E-state index in [1.807, 2.05) is 0 Å². The molecule has 0 aliphatic carbocycles. The van der Waals surface area contributed by atoms with Crippen molar-refractivity contribution in [2.24, 2.45) is 0 Å². The Bertz CT molecular complexity index is 778. The maximum absolute atomic E-state index is 13.6. The lowest BCUT2D eigenvalue weighted by Crippen LogP contribution is -2.04. The number of allylic oxidation sites excluding steroid dienone is 1. The highest BCUT2D eigenvalue weighted by Gasteiger charge is 2.16. The molecule has 0 spiro atoms. The molecule has 2 rings (SSSR count). The summed E-state index contributed by atoms with van der Waals surface area (Å²) >= 11 is 11.7. The lowest BCUT2D eigenvalue weighted by atomic mass is 10.0. The van der Waals surface area contributed by atoms with Gasteiger partial charge in [0.25, 0.3) is 0 Å². The standard InChI is InChI=1S/C16H8Cl2FNO/c17-13-6-5-10(8-14(13)18)7-11(9-20)16(21)12-3-1-2-4-15(12)19/h1-8H/b11-7+. The van der Waals surface area contributed by atoms with Crippen LogP contribution in [0.1, 0.15) is 15.9 Å².